The minimum absolute atomic E-state index is 0.0296. The molecule has 1 rings (SSSR count). The normalized spacial score (nSPS) is 13.0. The fraction of sp³-hybridized carbons (Fsp3) is 0.533. The molecule has 1 N–H and O–H groups in total. The largest absolute Gasteiger partial charge is 0.350 e. The van der Waals surface area contributed by atoms with Crippen molar-refractivity contribution in [1.29, 1.82) is 0 Å². The maximum atomic E-state index is 12.2. The zero-order valence-corrected chi connectivity index (χ0v) is 14.2. The van der Waals surface area contributed by atoms with Gasteiger partial charge in [-0.15, -0.1) is 0 Å². The molecular weight excluding hydrogens is 310 g/mol. The van der Waals surface area contributed by atoms with Gasteiger partial charge in [0.1, 0.15) is 0 Å². The molecular formula is C15H22ClNO3S. The van der Waals surface area contributed by atoms with Gasteiger partial charge >= 0.3 is 0 Å². The highest BCUT2D eigenvalue weighted by Crippen LogP contribution is 2.20. The lowest BCUT2D eigenvalue weighted by atomic mass is 10.1. The third-order valence-corrected chi connectivity index (χ3v) is 4.67. The Balaban J connectivity index is 2.82. The smallest absolute Gasteiger partial charge is 0.253 e. The summed E-state index contributed by atoms with van der Waals surface area (Å²) in [6.45, 7) is 4.06. The van der Waals surface area contributed by atoms with E-state index in [2.05, 4.69) is 12.2 Å². The van der Waals surface area contributed by atoms with Crippen LogP contribution in [0.5, 0.6) is 0 Å². The van der Waals surface area contributed by atoms with Gasteiger partial charge in [-0.1, -0.05) is 37.8 Å². The number of rotatable bonds is 7. The molecule has 0 radical (unpaired) electrons. The topological polar surface area (TPSA) is 63.2 Å². The molecule has 1 aromatic carbocycles. The van der Waals surface area contributed by atoms with Gasteiger partial charge in [0.25, 0.3) is 5.91 Å². The third kappa shape index (κ3) is 5.67. The summed E-state index contributed by atoms with van der Waals surface area (Å²) >= 11 is 6.00. The first-order valence-electron chi connectivity index (χ1n) is 7.06. The van der Waals surface area contributed by atoms with Crippen LogP contribution >= 0.6 is 11.6 Å². The lowest BCUT2D eigenvalue weighted by Crippen LogP contribution is -2.32. The van der Waals surface area contributed by atoms with Crippen LogP contribution in [0.2, 0.25) is 5.02 Å². The molecule has 0 aliphatic rings. The number of benzene rings is 1. The van der Waals surface area contributed by atoms with Crippen LogP contribution in [0.25, 0.3) is 0 Å². The molecule has 0 spiro atoms. The van der Waals surface area contributed by atoms with Gasteiger partial charge in [0.05, 0.1) is 15.5 Å². The second-order valence-electron chi connectivity index (χ2n) is 5.28. The van der Waals surface area contributed by atoms with E-state index in [-0.39, 0.29) is 27.4 Å². The van der Waals surface area contributed by atoms with Crippen LogP contribution in [-0.4, -0.2) is 26.6 Å². The predicted octanol–water partition coefficient (Wildman–Crippen LogP) is 3.44. The van der Waals surface area contributed by atoms with Crippen LogP contribution in [0.1, 0.15) is 49.9 Å². The molecule has 0 saturated heterocycles. The molecule has 1 atom stereocenters. The van der Waals surface area contributed by atoms with Crippen molar-refractivity contribution in [2.24, 2.45) is 0 Å². The minimum Gasteiger partial charge on any atom is -0.350 e. The van der Waals surface area contributed by atoms with Crippen molar-refractivity contribution in [2.45, 2.75) is 50.5 Å². The summed E-state index contributed by atoms with van der Waals surface area (Å²) in [7, 11) is -3.36. The standard InChI is InChI=1S/C15H22ClNO3S/c1-4-5-6-7-11(2)17-15(18)13-10-12(21(3,19)20)8-9-14(13)16/h8-11H,4-7H2,1-3H3,(H,17,18). The summed E-state index contributed by atoms with van der Waals surface area (Å²) in [6.07, 6.45) is 5.30. The molecule has 1 amide bonds. The molecule has 1 unspecified atom stereocenters. The second kappa shape index (κ2) is 7.80. The molecule has 118 valence electrons. The van der Waals surface area contributed by atoms with Gasteiger partial charge in [-0.3, -0.25) is 4.79 Å². The summed E-state index contributed by atoms with van der Waals surface area (Å²) in [5.74, 6) is -0.338. The number of amides is 1. The molecule has 0 bridgehead atoms. The van der Waals surface area contributed by atoms with Crippen molar-refractivity contribution in [3.8, 4) is 0 Å². The lowest BCUT2D eigenvalue weighted by molar-refractivity contribution is 0.0938. The van der Waals surface area contributed by atoms with Crippen LogP contribution in [0.15, 0.2) is 23.1 Å². The minimum atomic E-state index is -3.36. The molecule has 0 aliphatic carbocycles. The predicted molar refractivity (Wildman–Crippen MR) is 85.6 cm³/mol. The number of carbonyl (C=O) groups is 1. The highest BCUT2D eigenvalue weighted by molar-refractivity contribution is 7.90. The van der Waals surface area contributed by atoms with Gasteiger partial charge in [0.15, 0.2) is 9.84 Å². The molecule has 21 heavy (non-hydrogen) atoms. The second-order valence-corrected chi connectivity index (χ2v) is 7.71. The fourth-order valence-electron chi connectivity index (χ4n) is 1.98. The average Bonchev–Trinajstić information content (AvgIpc) is 2.37. The van der Waals surface area contributed by atoms with Crippen LogP contribution < -0.4 is 5.32 Å². The third-order valence-electron chi connectivity index (χ3n) is 3.23. The number of sulfone groups is 1. The van der Waals surface area contributed by atoms with E-state index >= 15 is 0 Å². The van der Waals surface area contributed by atoms with Gasteiger partial charge < -0.3 is 5.32 Å². The van der Waals surface area contributed by atoms with E-state index in [9.17, 15) is 13.2 Å². The average molecular weight is 332 g/mol. The van der Waals surface area contributed by atoms with Crippen molar-refractivity contribution < 1.29 is 13.2 Å². The summed E-state index contributed by atoms with van der Waals surface area (Å²) in [5, 5.41) is 3.11. The van der Waals surface area contributed by atoms with Crippen molar-refractivity contribution in [3.63, 3.8) is 0 Å². The Kier molecular flexibility index (Phi) is 6.68. The van der Waals surface area contributed by atoms with Gasteiger partial charge in [-0.25, -0.2) is 8.42 Å². The van der Waals surface area contributed by atoms with E-state index in [4.69, 9.17) is 11.6 Å². The van der Waals surface area contributed by atoms with E-state index in [1.807, 2.05) is 6.92 Å². The summed E-state index contributed by atoms with van der Waals surface area (Å²) in [5.41, 5.74) is 0.196. The number of hydrogen-bond donors (Lipinski definition) is 1. The van der Waals surface area contributed by atoms with E-state index in [1.165, 1.54) is 18.2 Å². The molecule has 1 aromatic rings. The maximum absolute atomic E-state index is 12.2. The maximum Gasteiger partial charge on any atom is 0.253 e. The number of unbranched alkanes of at least 4 members (excludes halogenated alkanes) is 2. The number of hydrogen-bond acceptors (Lipinski definition) is 3. The Bertz CT molecular complexity index is 599. The Labute approximate surface area is 131 Å². The van der Waals surface area contributed by atoms with E-state index < -0.39 is 9.84 Å². The van der Waals surface area contributed by atoms with Crippen LogP contribution in [-0.2, 0) is 9.84 Å². The monoisotopic (exact) mass is 331 g/mol. The number of halogens is 1. The van der Waals surface area contributed by atoms with Gasteiger partial charge in [0.2, 0.25) is 0 Å². The Morgan fingerprint density at radius 2 is 2.00 bits per heavy atom. The summed E-state index contributed by atoms with van der Waals surface area (Å²) in [6, 6.07) is 4.20. The van der Waals surface area contributed by atoms with Crippen molar-refractivity contribution in [2.75, 3.05) is 6.26 Å². The SMILES string of the molecule is CCCCCC(C)NC(=O)c1cc(S(C)(=O)=O)ccc1Cl. The van der Waals surface area contributed by atoms with E-state index in [0.717, 1.165) is 31.9 Å². The van der Waals surface area contributed by atoms with Gasteiger partial charge in [-0.2, -0.15) is 0 Å². The van der Waals surface area contributed by atoms with E-state index in [1.54, 1.807) is 0 Å². The molecule has 0 aliphatic heterocycles. The lowest BCUT2D eigenvalue weighted by Gasteiger charge is -2.14. The first-order chi connectivity index (χ1) is 9.75. The highest BCUT2D eigenvalue weighted by Gasteiger charge is 2.16. The van der Waals surface area contributed by atoms with Crippen LogP contribution in [0.3, 0.4) is 0 Å². The van der Waals surface area contributed by atoms with E-state index in [0.29, 0.717) is 0 Å². The highest BCUT2D eigenvalue weighted by atomic mass is 35.5. The van der Waals surface area contributed by atoms with Crippen molar-refractivity contribution in [1.82, 2.24) is 5.32 Å². The van der Waals surface area contributed by atoms with Crippen molar-refractivity contribution in [3.05, 3.63) is 28.8 Å². The first kappa shape index (κ1) is 18.0. The Hall–Kier alpha value is -1.07. The van der Waals surface area contributed by atoms with Gasteiger partial charge in [0, 0.05) is 12.3 Å². The molecule has 6 heteroatoms. The number of carbonyl (C=O) groups excluding carboxylic acids is 1. The van der Waals surface area contributed by atoms with Crippen LogP contribution in [0.4, 0.5) is 0 Å². The molecule has 0 saturated carbocycles. The summed E-state index contributed by atoms with van der Waals surface area (Å²) < 4.78 is 23.1. The fourth-order valence-corrected chi connectivity index (χ4v) is 2.83. The Morgan fingerprint density at radius 3 is 2.57 bits per heavy atom. The molecule has 0 fully saturated rings. The first-order valence-corrected chi connectivity index (χ1v) is 9.33. The van der Waals surface area contributed by atoms with Crippen LogP contribution in [0, 0.1) is 0 Å². The quantitative estimate of drug-likeness (QED) is 0.778. The molecule has 4 nitrogen and oxygen atoms in total. The zero-order chi connectivity index (χ0) is 16.0. The van der Waals surface area contributed by atoms with Crippen molar-refractivity contribution >= 4 is 27.3 Å². The summed E-state index contributed by atoms with van der Waals surface area (Å²) in [4.78, 5) is 12.3. The molecule has 0 aromatic heterocycles. The Morgan fingerprint density at radius 1 is 1.33 bits per heavy atom. The molecule has 0 heterocycles. The number of nitrogens with one attached hydrogen (secondary N) is 1. The van der Waals surface area contributed by atoms with Gasteiger partial charge in [-0.05, 0) is 31.5 Å². The zero-order valence-electron chi connectivity index (χ0n) is 12.6.